The summed E-state index contributed by atoms with van der Waals surface area (Å²) >= 11 is 1.59. The van der Waals surface area contributed by atoms with Crippen LogP contribution in [-0.4, -0.2) is 29.9 Å². The lowest BCUT2D eigenvalue weighted by Crippen LogP contribution is -2.26. The molecule has 4 heteroatoms. The summed E-state index contributed by atoms with van der Waals surface area (Å²) in [4.78, 5) is 17.9. The Bertz CT molecular complexity index is 485. The smallest absolute Gasteiger partial charge is 0.231 e. The second-order valence-corrected chi connectivity index (χ2v) is 5.04. The highest BCUT2D eigenvalue weighted by Crippen LogP contribution is 2.27. The van der Waals surface area contributed by atoms with Gasteiger partial charge in [-0.25, -0.2) is 4.98 Å². The van der Waals surface area contributed by atoms with Crippen molar-refractivity contribution < 1.29 is 4.79 Å². The largest absolute Gasteiger partial charge is 0.348 e. The zero-order chi connectivity index (χ0) is 11.7. The molecular weight excluding hydrogens is 220 g/mol. The number of likely N-dealkylation sites (N-methyl/N-ethyl adjacent to an activating group) is 1. The lowest BCUT2D eigenvalue weighted by atomic mass is 10.2. The number of carbonyl (C=O) groups excluding carboxylic acids is 1. The van der Waals surface area contributed by atoms with Gasteiger partial charge in [-0.2, -0.15) is 0 Å². The standard InChI is InChI=1S/C12H14N2OS/c1-8(12(15)14(2)3)11-13-9-6-4-5-7-10(9)16-11/h4-8H,1-3H3. The molecule has 0 spiro atoms. The normalized spacial score (nSPS) is 12.7. The molecule has 0 N–H and O–H groups in total. The summed E-state index contributed by atoms with van der Waals surface area (Å²) in [6, 6.07) is 7.96. The van der Waals surface area contributed by atoms with Gasteiger partial charge in [0.2, 0.25) is 5.91 Å². The summed E-state index contributed by atoms with van der Waals surface area (Å²) in [6.45, 7) is 1.90. The molecule has 0 aliphatic rings. The van der Waals surface area contributed by atoms with Gasteiger partial charge in [0.25, 0.3) is 0 Å². The third-order valence-corrected chi connectivity index (χ3v) is 3.71. The third kappa shape index (κ3) is 1.93. The fourth-order valence-corrected chi connectivity index (χ4v) is 2.58. The maximum Gasteiger partial charge on any atom is 0.231 e. The number of benzene rings is 1. The molecule has 1 aromatic heterocycles. The molecule has 1 aromatic carbocycles. The van der Waals surface area contributed by atoms with Crippen LogP contribution in [0.1, 0.15) is 17.8 Å². The second kappa shape index (κ2) is 4.22. The zero-order valence-electron chi connectivity index (χ0n) is 9.60. The van der Waals surface area contributed by atoms with Crippen molar-refractivity contribution in [3.63, 3.8) is 0 Å². The van der Waals surface area contributed by atoms with Gasteiger partial charge in [-0.3, -0.25) is 4.79 Å². The number of hydrogen-bond donors (Lipinski definition) is 0. The van der Waals surface area contributed by atoms with Crippen LogP contribution in [0.15, 0.2) is 24.3 Å². The average Bonchev–Trinajstić information content (AvgIpc) is 2.70. The minimum Gasteiger partial charge on any atom is -0.348 e. The summed E-state index contributed by atoms with van der Waals surface area (Å²) < 4.78 is 1.14. The van der Waals surface area contributed by atoms with Crippen molar-refractivity contribution in [1.29, 1.82) is 0 Å². The van der Waals surface area contributed by atoms with Gasteiger partial charge in [0.15, 0.2) is 0 Å². The molecule has 2 aromatic rings. The summed E-state index contributed by atoms with van der Waals surface area (Å²) in [5, 5.41) is 0.889. The molecule has 0 bridgehead atoms. The molecule has 1 heterocycles. The van der Waals surface area contributed by atoms with Crippen LogP contribution >= 0.6 is 11.3 Å². The predicted molar refractivity (Wildman–Crippen MR) is 66.7 cm³/mol. The molecule has 3 nitrogen and oxygen atoms in total. The van der Waals surface area contributed by atoms with Gasteiger partial charge in [0.1, 0.15) is 5.01 Å². The molecule has 0 fully saturated rings. The van der Waals surface area contributed by atoms with Gasteiger partial charge in [0.05, 0.1) is 16.1 Å². The van der Waals surface area contributed by atoms with E-state index in [1.807, 2.05) is 31.2 Å². The molecule has 2 rings (SSSR count). The summed E-state index contributed by atoms with van der Waals surface area (Å²) in [7, 11) is 3.54. The maximum atomic E-state index is 11.8. The number of carbonyl (C=O) groups is 1. The van der Waals surface area contributed by atoms with Gasteiger partial charge in [0, 0.05) is 14.1 Å². The molecule has 1 atom stereocenters. The molecule has 16 heavy (non-hydrogen) atoms. The van der Waals surface area contributed by atoms with E-state index in [0.717, 1.165) is 15.2 Å². The number of para-hydroxylation sites is 1. The fraction of sp³-hybridized carbons (Fsp3) is 0.333. The Kier molecular flexibility index (Phi) is 2.92. The van der Waals surface area contributed by atoms with E-state index in [9.17, 15) is 4.79 Å². The third-order valence-electron chi connectivity index (χ3n) is 2.49. The summed E-state index contributed by atoms with van der Waals surface area (Å²) in [6.07, 6.45) is 0. The van der Waals surface area contributed by atoms with Crippen molar-refractivity contribution in [3.05, 3.63) is 29.3 Å². The number of rotatable bonds is 2. The van der Waals surface area contributed by atoms with Crippen LogP contribution in [-0.2, 0) is 4.79 Å². The number of fused-ring (bicyclic) bond motifs is 1. The van der Waals surface area contributed by atoms with Crippen LogP contribution in [0.3, 0.4) is 0 Å². The van der Waals surface area contributed by atoms with Crippen LogP contribution in [0.5, 0.6) is 0 Å². The lowest BCUT2D eigenvalue weighted by molar-refractivity contribution is -0.129. The molecule has 0 saturated heterocycles. The van der Waals surface area contributed by atoms with Gasteiger partial charge >= 0.3 is 0 Å². The molecular formula is C12H14N2OS. The van der Waals surface area contributed by atoms with E-state index in [0.29, 0.717) is 0 Å². The van der Waals surface area contributed by atoms with Crippen LogP contribution in [0.25, 0.3) is 10.2 Å². The number of nitrogens with zero attached hydrogens (tertiary/aromatic N) is 2. The first-order valence-electron chi connectivity index (χ1n) is 5.16. The Morgan fingerprint density at radius 2 is 2.06 bits per heavy atom. The number of thiazole rings is 1. The van der Waals surface area contributed by atoms with E-state index in [2.05, 4.69) is 4.98 Å². The molecule has 84 valence electrons. The van der Waals surface area contributed by atoms with Crippen molar-refractivity contribution in [2.45, 2.75) is 12.8 Å². The van der Waals surface area contributed by atoms with E-state index >= 15 is 0 Å². The lowest BCUT2D eigenvalue weighted by Gasteiger charge is -2.14. The SMILES string of the molecule is CC(C(=O)N(C)C)c1nc2ccccc2s1. The van der Waals surface area contributed by atoms with Crippen molar-refractivity contribution in [2.75, 3.05) is 14.1 Å². The van der Waals surface area contributed by atoms with Gasteiger partial charge in [-0.05, 0) is 19.1 Å². The molecule has 1 unspecified atom stereocenters. The number of amides is 1. The Labute approximate surface area is 98.7 Å². The Hall–Kier alpha value is -1.42. The van der Waals surface area contributed by atoms with Gasteiger partial charge in [-0.15, -0.1) is 11.3 Å². The maximum absolute atomic E-state index is 11.8. The molecule has 0 radical (unpaired) electrons. The first kappa shape index (κ1) is 11.1. The highest BCUT2D eigenvalue weighted by Gasteiger charge is 2.20. The van der Waals surface area contributed by atoms with Crippen molar-refractivity contribution in [1.82, 2.24) is 9.88 Å². The van der Waals surface area contributed by atoms with E-state index < -0.39 is 0 Å². The Morgan fingerprint density at radius 1 is 1.38 bits per heavy atom. The van der Waals surface area contributed by atoms with E-state index in [1.54, 1.807) is 30.3 Å². The monoisotopic (exact) mass is 234 g/mol. The zero-order valence-corrected chi connectivity index (χ0v) is 10.4. The van der Waals surface area contributed by atoms with Crippen LogP contribution in [0, 0.1) is 0 Å². The van der Waals surface area contributed by atoms with Crippen LogP contribution < -0.4 is 0 Å². The molecule has 0 saturated carbocycles. The summed E-state index contributed by atoms with van der Waals surface area (Å²) in [5.74, 6) is -0.0635. The fourth-order valence-electron chi connectivity index (χ4n) is 1.57. The minimum absolute atomic E-state index is 0.0963. The number of aromatic nitrogens is 1. The minimum atomic E-state index is -0.160. The molecule has 1 amide bonds. The first-order valence-corrected chi connectivity index (χ1v) is 5.98. The van der Waals surface area contributed by atoms with Gasteiger partial charge < -0.3 is 4.90 Å². The van der Waals surface area contributed by atoms with Crippen molar-refractivity contribution in [3.8, 4) is 0 Å². The highest BCUT2D eigenvalue weighted by molar-refractivity contribution is 7.18. The van der Waals surface area contributed by atoms with E-state index in [1.165, 1.54) is 0 Å². The summed E-state index contributed by atoms with van der Waals surface area (Å²) in [5.41, 5.74) is 0.973. The molecule has 0 aliphatic heterocycles. The van der Waals surface area contributed by atoms with Crippen molar-refractivity contribution in [2.24, 2.45) is 0 Å². The van der Waals surface area contributed by atoms with E-state index in [4.69, 9.17) is 0 Å². The molecule has 0 aliphatic carbocycles. The predicted octanol–water partition coefficient (Wildman–Crippen LogP) is 2.49. The first-order chi connectivity index (χ1) is 7.59. The Balaban J connectivity index is 2.37. The number of hydrogen-bond acceptors (Lipinski definition) is 3. The van der Waals surface area contributed by atoms with Crippen molar-refractivity contribution >= 4 is 27.5 Å². The highest BCUT2D eigenvalue weighted by atomic mass is 32.1. The van der Waals surface area contributed by atoms with Gasteiger partial charge in [-0.1, -0.05) is 12.1 Å². The topological polar surface area (TPSA) is 33.2 Å². The second-order valence-electron chi connectivity index (χ2n) is 3.97. The van der Waals surface area contributed by atoms with E-state index in [-0.39, 0.29) is 11.8 Å². The average molecular weight is 234 g/mol. The van der Waals surface area contributed by atoms with Crippen LogP contribution in [0.4, 0.5) is 0 Å². The Morgan fingerprint density at radius 3 is 2.69 bits per heavy atom. The quantitative estimate of drug-likeness (QED) is 0.800. The van der Waals surface area contributed by atoms with Crippen LogP contribution in [0.2, 0.25) is 0 Å².